The first kappa shape index (κ1) is 14.2. The number of aromatic nitrogens is 4. The van der Waals surface area contributed by atoms with E-state index in [0.717, 1.165) is 12.0 Å². The molecule has 0 aliphatic rings. The maximum absolute atomic E-state index is 12.1. The van der Waals surface area contributed by atoms with E-state index in [4.69, 9.17) is 0 Å². The molecule has 0 saturated heterocycles. The molecule has 0 radical (unpaired) electrons. The van der Waals surface area contributed by atoms with Gasteiger partial charge in [-0.15, -0.1) is 5.10 Å². The topological polar surface area (TPSA) is 72.7 Å². The Morgan fingerprint density at radius 3 is 2.85 bits per heavy atom. The molecule has 20 heavy (non-hydrogen) atoms. The van der Waals surface area contributed by atoms with Crippen LogP contribution in [0.4, 0.5) is 0 Å². The van der Waals surface area contributed by atoms with E-state index in [2.05, 4.69) is 34.7 Å². The van der Waals surface area contributed by atoms with Gasteiger partial charge < -0.3 is 5.32 Å². The van der Waals surface area contributed by atoms with Crippen molar-refractivity contribution in [1.82, 2.24) is 25.5 Å². The van der Waals surface area contributed by atoms with E-state index in [-0.39, 0.29) is 5.91 Å². The first-order valence-electron chi connectivity index (χ1n) is 6.69. The summed E-state index contributed by atoms with van der Waals surface area (Å²) in [7, 11) is 1.77. The predicted molar refractivity (Wildman–Crippen MR) is 76.0 cm³/mol. The van der Waals surface area contributed by atoms with Crippen molar-refractivity contribution in [2.24, 2.45) is 13.0 Å². The zero-order chi connectivity index (χ0) is 14.5. The third kappa shape index (κ3) is 3.40. The number of carbonyl (C=O) groups is 1. The number of nitrogens with one attached hydrogen (secondary N) is 1. The van der Waals surface area contributed by atoms with Crippen LogP contribution in [-0.4, -0.2) is 32.7 Å². The number of benzene rings is 1. The molecule has 106 valence electrons. The van der Waals surface area contributed by atoms with E-state index in [1.54, 1.807) is 23.9 Å². The largest absolute Gasteiger partial charge is 0.352 e. The van der Waals surface area contributed by atoms with Crippen LogP contribution in [-0.2, 0) is 7.05 Å². The molecule has 1 aromatic heterocycles. The van der Waals surface area contributed by atoms with Gasteiger partial charge in [-0.2, -0.15) is 0 Å². The molecule has 2 rings (SSSR count). The van der Waals surface area contributed by atoms with Crippen molar-refractivity contribution >= 4 is 5.91 Å². The number of rotatable bonds is 5. The standard InChI is InChI=1S/C14H19N5O/c1-10(2)7-8-15-14(20)12-6-4-5-11(9-12)13-16-17-18-19(13)3/h4-6,9-10H,7-8H2,1-3H3,(H,15,20). The number of amides is 1. The summed E-state index contributed by atoms with van der Waals surface area (Å²) in [6.45, 7) is 4.95. The second kappa shape index (κ2) is 6.27. The minimum atomic E-state index is -0.0670. The third-order valence-electron chi connectivity index (χ3n) is 3.01. The molecule has 0 fully saturated rings. The molecule has 0 atom stereocenters. The van der Waals surface area contributed by atoms with Crippen molar-refractivity contribution in [2.75, 3.05) is 6.54 Å². The molecule has 0 spiro atoms. The van der Waals surface area contributed by atoms with E-state index in [1.807, 2.05) is 12.1 Å². The van der Waals surface area contributed by atoms with Crippen LogP contribution in [0.15, 0.2) is 24.3 Å². The van der Waals surface area contributed by atoms with Gasteiger partial charge in [0.05, 0.1) is 0 Å². The minimum Gasteiger partial charge on any atom is -0.352 e. The van der Waals surface area contributed by atoms with Crippen LogP contribution in [0, 0.1) is 5.92 Å². The molecule has 1 aromatic carbocycles. The van der Waals surface area contributed by atoms with Crippen molar-refractivity contribution in [3.05, 3.63) is 29.8 Å². The van der Waals surface area contributed by atoms with Crippen LogP contribution in [0.3, 0.4) is 0 Å². The molecule has 0 saturated carbocycles. The fourth-order valence-corrected chi connectivity index (χ4v) is 1.85. The molecule has 0 unspecified atom stereocenters. The molecule has 0 aliphatic carbocycles. The summed E-state index contributed by atoms with van der Waals surface area (Å²) >= 11 is 0. The molecule has 1 amide bonds. The molecule has 1 heterocycles. The van der Waals surface area contributed by atoms with Crippen molar-refractivity contribution in [3.8, 4) is 11.4 Å². The maximum atomic E-state index is 12.1. The third-order valence-corrected chi connectivity index (χ3v) is 3.01. The Balaban J connectivity index is 2.10. The van der Waals surface area contributed by atoms with E-state index >= 15 is 0 Å². The molecular formula is C14H19N5O. The van der Waals surface area contributed by atoms with Gasteiger partial charge in [0, 0.05) is 24.7 Å². The second-order valence-electron chi connectivity index (χ2n) is 5.15. The predicted octanol–water partition coefficient (Wildman–Crippen LogP) is 1.65. The van der Waals surface area contributed by atoms with Crippen LogP contribution < -0.4 is 5.32 Å². The summed E-state index contributed by atoms with van der Waals surface area (Å²) in [4.78, 5) is 12.1. The SMILES string of the molecule is CC(C)CCNC(=O)c1cccc(-c2nnnn2C)c1. The Morgan fingerprint density at radius 2 is 2.20 bits per heavy atom. The lowest BCUT2D eigenvalue weighted by Gasteiger charge is -2.08. The maximum Gasteiger partial charge on any atom is 0.251 e. The Bertz CT molecular complexity index is 591. The first-order valence-corrected chi connectivity index (χ1v) is 6.69. The number of hydrogen-bond acceptors (Lipinski definition) is 4. The quantitative estimate of drug-likeness (QED) is 0.899. The smallest absolute Gasteiger partial charge is 0.251 e. The normalized spacial score (nSPS) is 10.8. The highest BCUT2D eigenvalue weighted by molar-refractivity contribution is 5.95. The monoisotopic (exact) mass is 273 g/mol. The van der Waals surface area contributed by atoms with Crippen molar-refractivity contribution in [3.63, 3.8) is 0 Å². The Hall–Kier alpha value is -2.24. The van der Waals surface area contributed by atoms with E-state index < -0.39 is 0 Å². The van der Waals surface area contributed by atoms with Crippen molar-refractivity contribution < 1.29 is 4.79 Å². The summed E-state index contributed by atoms with van der Waals surface area (Å²) in [5.41, 5.74) is 1.45. The second-order valence-corrected chi connectivity index (χ2v) is 5.15. The summed E-state index contributed by atoms with van der Waals surface area (Å²) in [6, 6.07) is 7.31. The van der Waals surface area contributed by atoms with Gasteiger partial charge in [0.15, 0.2) is 5.82 Å². The van der Waals surface area contributed by atoms with E-state index in [1.165, 1.54) is 0 Å². The van der Waals surface area contributed by atoms with Crippen LogP contribution in [0.2, 0.25) is 0 Å². The summed E-state index contributed by atoms with van der Waals surface area (Å²) in [5.74, 6) is 1.15. The minimum absolute atomic E-state index is 0.0670. The fraction of sp³-hybridized carbons (Fsp3) is 0.429. The summed E-state index contributed by atoms with van der Waals surface area (Å²) in [5, 5.41) is 14.3. The van der Waals surface area contributed by atoms with Crippen LogP contribution >= 0.6 is 0 Å². The lowest BCUT2D eigenvalue weighted by atomic mass is 10.1. The van der Waals surface area contributed by atoms with Crippen molar-refractivity contribution in [2.45, 2.75) is 20.3 Å². The average Bonchev–Trinajstić information content (AvgIpc) is 2.84. The van der Waals surface area contributed by atoms with Crippen LogP contribution in [0.5, 0.6) is 0 Å². The molecular weight excluding hydrogens is 254 g/mol. The van der Waals surface area contributed by atoms with E-state index in [9.17, 15) is 4.79 Å². The van der Waals surface area contributed by atoms with Gasteiger partial charge in [-0.1, -0.05) is 26.0 Å². The highest BCUT2D eigenvalue weighted by atomic mass is 16.1. The highest BCUT2D eigenvalue weighted by Gasteiger charge is 2.10. The van der Waals surface area contributed by atoms with Crippen LogP contribution in [0.1, 0.15) is 30.6 Å². The zero-order valence-electron chi connectivity index (χ0n) is 12.0. The first-order chi connectivity index (χ1) is 9.58. The molecule has 6 nitrogen and oxygen atoms in total. The van der Waals surface area contributed by atoms with Crippen molar-refractivity contribution in [1.29, 1.82) is 0 Å². The number of nitrogens with zero attached hydrogens (tertiary/aromatic N) is 4. The van der Waals surface area contributed by atoms with Gasteiger partial charge in [0.25, 0.3) is 5.91 Å². The Morgan fingerprint density at radius 1 is 1.40 bits per heavy atom. The van der Waals surface area contributed by atoms with Gasteiger partial charge in [-0.05, 0) is 34.9 Å². The number of hydrogen-bond donors (Lipinski definition) is 1. The lowest BCUT2D eigenvalue weighted by Crippen LogP contribution is -2.25. The zero-order valence-corrected chi connectivity index (χ0v) is 12.0. The molecule has 2 aromatic rings. The fourth-order valence-electron chi connectivity index (χ4n) is 1.85. The molecule has 0 bridgehead atoms. The molecule has 1 N–H and O–H groups in total. The van der Waals surface area contributed by atoms with E-state index in [0.29, 0.717) is 23.9 Å². The number of aryl methyl sites for hydroxylation is 1. The summed E-state index contributed by atoms with van der Waals surface area (Å²) < 4.78 is 1.58. The molecule has 0 aliphatic heterocycles. The number of tetrazole rings is 1. The molecule has 6 heteroatoms. The Kier molecular flexibility index (Phi) is 4.45. The van der Waals surface area contributed by atoms with Gasteiger partial charge in [0.1, 0.15) is 0 Å². The van der Waals surface area contributed by atoms with Gasteiger partial charge in [0.2, 0.25) is 0 Å². The summed E-state index contributed by atoms with van der Waals surface area (Å²) in [6.07, 6.45) is 0.971. The Labute approximate surface area is 118 Å². The number of carbonyl (C=O) groups excluding carboxylic acids is 1. The van der Waals surface area contributed by atoms with Gasteiger partial charge in [-0.3, -0.25) is 4.79 Å². The lowest BCUT2D eigenvalue weighted by molar-refractivity contribution is 0.0952. The average molecular weight is 273 g/mol. The van der Waals surface area contributed by atoms with Gasteiger partial charge >= 0.3 is 0 Å². The highest BCUT2D eigenvalue weighted by Crippen LogP contribution is 2.16. The van der Waals surface area contributed by atoms with Crippen LogP contribution in [0.25, 0.3) is 11.4 Å². The van der Waals surface area contributed by atoms with Gasteiger partial charge in [-0.25, -0.2) is 4.68 Å².